The maximum absolute atomic E-state index is 9.64. The van der Waals surface area contributed by atoms with Crippen molar-refractivity contribution >= 4 is 29.0 Å². The summed E-state index contributed by atoms with van der Waals surface area (Å²) >= 11 is 11.9. The van der Waals surface area contributed by atoms with Gasteiger partial charge in [-0.25, -0.2) is 0 Å². The first-order valence-electron chi connectivity index (χ1n) is 8.00. The molecule has 0 aliphatic rings. The highest BCUT2D eigenvalue weighted by atomic mass is 35.5. The first-order valence-corrected chi connectivity index (χ1v) is 8.76. The van der Waals surface area contributed by atoms with Crippen LogP contribution in [0.4, 0.5) is 5.82 Å². The van der Waals surface area contributed by atoms with Gasteiger partial charge in [-0.1, -0.05) is 53.5 Å². The van der Waals surface area contributed by atoms with Crippen LogP contribution in [0.5, 0.6) is 5.75 Å². The number of aliphatic hydroxyl groups excluding tert-OH is 1. The summed E-state index contributed by atoms with van der Waals surface area (Å²) in [6.45, 7) is -0.0263. The number of aromatic hydroxyl groups is 1. The van der Waals surface area contributed by atoms with Crippen LogP contribution in [0, 0.1) is 0 Å². The van der Waals surface area contributed by atoms with Crippen molar-refractivity contribution in [2.45, 2.75) is 12.5 Å². The molecule has 0 radical (unpaired) electrons. The van der Waals surface area contributed by atoms with Crippen LogP contribution in [0.15, 0.2) is 54.6 Å². The van der Waals surface area contributed by atoms with Crippen molar-refractivity contribution in [3.8, 4) is 17.0 Å². The lowest BCUT2D eigenvalue weighted by Crippen LogP contribution is -2.27. The van der Waals surface area contributed by atoms with Crippen molar-refractivity contribution in [1.29, 1.82) is 0 Å². The summed E-state index contributed by atoms with van der Waals surface area (Å²) in [5.74, 6) is 0.398. The maximum atomic E-state index is 9.64. The number of aromatic nitrogens is 2. The number of benzene rings is 2. The van der Waals surface area contributed by atoms with E-state index < -0.39 is 0 Å². The first kappa shape index (κ1) is 18.5. The van der Waals surface area contributed by atoms with E-state index in [1.54, 1.807) is 24.3 Å². The lowest BCUT2D eigenvalue weighted by Gasteiger charge is -2.16. The Kier molecular flexibility index (Phi) is 5.93. The van der Waals surface area contributed by atoms with E-state index in [0.717, 1.165) is 5.56 Å². The fourth-order valence-corrected chi connectivity index (χ4v) is 3.03. The van der Waals surface area contributed by atoms with Gasteiger partial charge in [0.2, 0.25) is 0 Å². The molecule has 1 atom stereocenters. The minimum atomic E-state index is -0.171. The molecule has 0 saturated heterocycles. The second-order valence-electron chi connectivity index (χ2n) is 5.81. The van der Waals surface area contributed by atoms with Crippen LogP contribution >= 0.6 is 23.2 Å². The molecule has 0 aliphatic carbocycles. The number of hydrogen-bond donors (Lipinski definition) is 3. The number of halogens is 2. The third-order valence-corrected chi connectivity index (χ3v) is 4.45. The fraction of sp³-hybridized carbons (Fsp3) is 0.158. The average molecular weight is 390 g/mol. The predicted molar refractivity (Wildman–Crippen MR) is 104 cm³/mol. The molecular formula is C19H17Cl2N3O2. The summed E-state index contributed by atoms with van der Waals surface area (Å²) < 4.78 is 0. The van der Waals surface area contributed by atoms with Crippen LogP contribution in [0.3, 0.4) is 0 Å². The molecule has 2 aromatic carbocycles. The highest BCUT2D eigenvalue weighted by Crippen LogP contribution is 2.35. The molecule has 0 fully saturated rings. The van der Waals surface area contributed by atoms with Gasteiger partial charge in [0.15, 0.2) is 5.75 Å². The highest BCUT2D eigenvalue weighted by molar-refractivity contribution is 6.37. The summed E-state index contributed by atoms with van der Waals surface area (Å²) in [6.07, 6.45) is 0.671. The Balaban J connectivity index is 1.73. The molecule has 3 N–H and O–H groups in total. The van der Waals surface area contributed by atoms with E-state index in [-0.39, 0.29) is 28.4 Å². The molecule has 1 unspecified atom stereocenters. The fourth-order valence-electron chi connectivity index (χ4n) is 2.55. The minimum absolute atomic E-state index is 0.0263. The van der Waals surface area contributed by atoms with Crippen molar-refractivity contribution in [3.63, 3.8) is 0 Å². The van der Waals surface area contributed by atoms with E-state index >= 15 is 0 Å². The molecule has 0 saturated carbocycles. The SMILES string of the molecule is OCC(Cc1ccccc1)Nc1ccc(-c2cc(Cl)c(O)c(Cl)c2)nn1. The molecule has 1 heterocycles. The van der Waals surface area contributed by atoms with Crippen molar-refractivity contribution in [1.82, 2.24) is 10.2 Å². The molecule has 1 aromatic heterocycles. The third kappa shape index (κ3) is 4.43. The van der Waals surface area contributed by atoms with Crippen LogP contribution in [-0.2, 0) is 6.42 Å². The molecule has 3 aromatic rings. The topological polar surface area (TPSA) is 78.3 Å². The summed E-state index contributed by atoms with van der Waals surface area (Å²) in [5, 5.41) is 31.0. The summed E-state index contributed by atoms with van der Waals surface area (Å²) in [6, 6.07) is 16.4. The zero-order chi connectivity index (χ0) is 18.5. The molecule has 7 heteroatoms. The molecule has 5 nitrogen and oxygen atoms in total. The second kappa shape index (κ2) is 8.36. The van der Waals surface area contributed by atoms with E-state index in [1.807, 2.05) is 30.3 Å². The second-order valence-corrected chi connectivity index (χ2v) is 6.62. The Bertz CT molecular complexity index is 851. The molecule has 0 bridgehead atoms. The van der Waals surface area contributed by atoms with Gasteiger partial charge >= 0.3 is 0 Å². The number of hydrogen-bond acceptors (Lipinski definition) is 5. The summed E-state index contributed by atoms with van der Waals surface area (Å²) in [7, 11) is 0. The molecule has 134 valence electrons. The van der Waals surface area contributed by atoms with Crippen LogP contribution in [0.2, 0.25) is 10.0 Å². The van der Waals surface area contributed by atoms with Crippen LogP contribution in [-0.4, -0.2) is 33.1 Å². The smallest absolute Gasteiger partial charge is 0.152 e. The van der Waals surface area contributed by atoms with Gasteiger partial charge in [0, 0.05) is 5.56 Å². The molecule has 0 aliphatic heterocycles. The Morgan fingerprint density at radius 1 is 0.962 bits per heavy atom. The zero-order valence-corrected chi connectivity index (χ0v) is 15.2. The van der Waals surface area contributed by atoms with E-state index in [4.69, 9.17) is 23.2 Å². The normalized spacial score (nSPS) is 12.0. The summed E-state index contributed by atoms with van der Waals surface area (Å²) in [5.41, 5.74) is 2.35. The monoisotopic (exact) mass is 389 g/mol. The number of aliphatic hydroxyl groups is 1. The number of rotatable bonds is 6. The molecule has 3 rings (SSSR count). The van der Waals surface area contributed by atoms with E-state index in [1.165, 1.54) is 0 Å². The average Bonchev–Trinajstić information content (AvgIpc) is 2.66. The lowest BCUT2D eigenvalue weighted by atomic mass is 10.1. The van der Waals surface area contributed by atoms with Gasteiger partial charge < -0.3 is 15.5 Å². The van der Waals surface area contributed by atoms with Crippen LogP contribution < -0.4 is 5.32 Å². The van der Waals surface area contributed by atoms with Crippen molar-refractivity contribution in [2.24, 2.45) is 0 Å². The first-order chi connectivity index (χ1) is 12.6. The van der Waals surface area contributed by atoms with Crippen molar-refractivity contribution in [3.05, 3.63) is 70.2 Å². The minimum Gasteiger partial charge on any atom is -0.505 e. The van der Waals surface area contributed by atoms with Gasteiger partial charge in [-0.2, -0.15) is 0 Å². The van der Waals surface area contributed by atoms with Gasteiger partial charge in [-0.15, -0.1) is 10.2 Å². The Hall–Kier alpha value is -2.34. The Morgan fingerprint density at radius 2 is 1.65 bits per heavy atom. The number of anilines is 1. The van der Waals surface area contributed by atoms with Crippen LogP contribution in [0.25, 0.3) is 11.3 Å². The predicted octanol–water partition coefficient (Wildman–Crippen LogP) is 4.17. The van der Waals surface area contributed by atoms with Crippen molar-refractivity contribution < 1.29 is 10.2 Å². The largest absolute Gasteiger partial charge is 0.505 e. The van der Waals surface area contributed by atoms with Gasteiger partial charge in [-0.05, 0) is 36.2 Å². The molecule has 26 heavy (non-hydrogen) atoms. The third-order valence-electron chi connectivity index (χ3n) is 3.87. The van der Waals surface area contributed by atoms with Crippen LogP contribution in [0.1, 0.15) is 5.56 Å². The van der Waals surface area contributed by atoms with E-state index in [2.05, 4.69) is 15.5 Å². The lowest BCUT2D eigenvalue weighted by molar-refractivity contribution is 0.273. The van der Waals surface area contributed by atoms with Gasteiger partial charge in [0.05, 0.1) is 28.4 Å². The number of nitrogens with one attached hydrogen (secondary N) is 1. The number of phenols is 1. The Labute approximate surface area is 161 Å². The quantitative estimate of drug-likeness (QED) is 0.589. The van der Waals surface area contributed by atoms with Gasteiger partial charge in [-0.3, -0.25) is 0 Å². The Morgan fingerprint density at radius 3 is 2.23 bits per heavy atom. The standard InChI is InChI=1S/C19H17Cl2N3O2/c20-15-9-13(10-16(21)19(15)26)17-6-7-18(24-23-17)22-14(11-25)8-12-4-2-1-3-5-12/h1-7,9-10,14,25-26H,8,11H2,(H,22,24). The number of phenolic OH excluding ortho intramolecular Hbond substituents is 1. The summed E-state index contributed by atoms with van der Waals surface area (Å²) in [4.78, 5) is 0. The zero-order valence-electron chi connectivity index (χ0n) is 13.7. The molecule has 0 spiro atoms. The highest BCUT2D eigenvalue weighted by Gasteiger charge is 2.12. The van der Waals surface area contributed by atoms with E-state index in [9.17, 15) is 10.2 Å². The van der Waals surface area contributed by atoms with E-state index in [0.29, 0.717) is 23.5 Å². The maximum Gasteiger partial charge on any atom is 0.152 e. The van der Waals surface area contributed by atoms with Gasteiger partial charge in [0.1, 0.15) is 5.82 Å². The number of nitrogens with zero attached hydrogens (tertiary/aromatic N) is 2. The molecular weight excluding hydrogens is 373 g/mol. The van der Waals surface area contributed by atoms with Gasteiger partial charge in [0.25, 0.3) is 0 Å². The van der Waals surface area contributed by atoms with Crippen molar-refractivity contribution in [2.75, 3.05) is 11.9 Å². The molecule has 0 amide bonds.